The van der Waals surface area contributed by atoms with Crippen molar-refractivity contribution in [2.24, 2.45) is 0 Å². The SMILES string of the molecule is CCC(C)(C)NC(=O)COC(=O)c1ccc2c(c1)C(=O)N(c1ccccc1C)C2=O. The van der Waals surface area contributed by atoms with Gasteiger partial charge in [0.25, 0.3) is 17.7 Å². The molecule has 0 unspecified atom stereocenters. The van der Waals surface area contributed by atoms with Gasteiger partial charge in [-0.15, -0.1) is 0 Å². The van der Waals surface area contributed by atoms with E-state index in [1.54, 1.807) is 12.1 Å². The lowest BCUT2D eigenvalue weighted by atomic mass is 10.0. The molecule has 0 saturated carbocycles. The summed E-state index contributed by atoms with van der Waals surface area (Å²) in [6, 6.07) is 11.3. The smallest absolute Gasteiger partial charge is 0.338 e. The zero-order valence-electron chi connectivity index (χ0n) is 17.4. The predicted molar refractivity (Wildman–Crippen MR) is 112 cm³/mol. The number of ether oxygens (including phenoxy) is 1. The van der Waals surface area contributed by atoms with Crippen molar-refractivity contribution >= 4 is 29.4 Å². The number of carbonyl (C=O) groups excluding carboxylic acids is 4. The highest BCUT2D eigenvalue weighted by Crippen LogP contribution is 2.31. The normalized spacial score (nSPS) is 13.3. The van der Waals surface area contributed by atoms with E-state index in [1.807, 2.05) is 39.8 Å². The fourth-order valence-corrected chi connectivity index (χ4v) is 3.12. The molecule has 2 aromatic rings. The summed E-state index contributed by atoms with van der Waals surface area (Å²) < 4.78 is 5.07. The van der Waals surface area contributed by atoms with Crippen molar-refractivity contribution in [2.45, 2.75) is 39.7 Å². The lowest BCUT2D eigenvalue weighted by Gasteiger charge is -2.24. The number of para-hydroxylation sites is 1. The average molecular weight is 408 g/mol. The van der Waals surface area contributed by atoms with Crippen LogP contribution in [0.4, 0.5) is 5.69 Å². The summed E-state index contributed by atoms with van der Waals surface area (Å²) in [5.41, 5.74) is 1.35. The van der Waals surface area contributed by atoms with Gasteiger partial charge in [0.15, 0.2) is 6.61 Å². The molecule has 7 heteroatoms. The Balaban J connectivity index is 1.76. The average Bonchev–Trinajstić information content (AvgIpc) is 2.96. The van der Waals surface area contributed by atoms with Crippen LogP contribution in [-0.4, -0.2) is 35.8 Å². The van der Waals surface area contributed by atoms with Crippen molar-refractivity contribution in [3.63, 3.8) is 0 Å². The van der Waals surface area contributed by atoms with E-state index in [-0.39, 0.29) is 16.7 Å². The molecule has 2 aromatic carbocycles. The molecule has 30 heavy (non-hydrogen) atoms. The third-order valence-corrected chi connectivity index (χ3v) is 5.17. The Labute approximate surface area is 175 Å². The van der Waals surface area contributed by atoms with Crippen LogP contribution >= 0.6 is 0 Å². The minimum Gasteiger partial charge on any atom is -0.452 e. The van der Waals surface area contributed by atoms with E-state index in [0.29, 0.717) is 5.69 Å². The molecular weight excluding hydrogens is 384 g/mol. The van der Waals surface area contributed by atoms with Gasteiger partial charge in [-0.2, -0.15) is 0 Å². The van der Waals surface area contributed by atoms with Gasteiger partial charge in [0.1, 0.15) is 0 Å². The van der Waals surface area contributed by atoms with Crippen molar-refractivity contribution in [1.29, 1.82) is 0 Å². The van der Waals surface area contributed by atoms with Gasteiger partial charge in [-0.25, -0.2) is 9.69 Å². The Morgan fingerprint density at radius 1 is 1.03 bits per heavy atom. The van der Waals surface area contributed by atoms with Gasteiger partial charge in [0, 0.05) is 5.54 Å². The highest BCUT2D eigenvalue weighted by atomic mass is 16.5. The Morgan fingerprint density at radius 3 is 2.37 bits per heavy atom. The van der Waals surface area contributed by atoms with Crippen molar-refractivity contribution in [3.05, 3.63) is 64.7 Å². The molecule has 3 amide bonds. The Morgan fingerprint density at radius 2 is 1.70 bits per heavy atom. The second-order valence-electron chi connectivity index (χ2n) is 7.85. The van der Waals surface area contributed by atoms with Gasteiger partial charge in [0.2, 0.25) is 0 Å². The number of anilines is 1. The van der Waals surface area contributed by atoms with Crippen molar-refractivity contribution in [1.82, 2.24) is 5.32 Å². The summed E-state index contributed by atoms with van der Waals surface area (Å²) in [5, 5.41) is 2.77. The largest absolute Gasteiger partial charge is 0.452 e. The van der Waals surface area contributed by atoms with Gasteiger partial charge in [-0.05, 0) is 57.0 Å². The van der Waals surface area contributed by atoms with Gasteiger partial charge < -0.3 is 10.1 Å². The van der Waals surface area contributed by atoms with Crippen LogP contribution in [0.1, 0.15) is 63.8 Å². The molecule has 1 aliphatic heterocycles. The van der Waals surface area contributed by atoms with Crippen LogP contribution in [0.3, 0.4) is 0 Å². The first-order chi connectivity index (χ1) is 14.1. The minimum absolute atomic E-state index is 0.101. The van der Waals surface area contributed by atoms with E-state index in [0.717, 1.165) is 16.9 Å². The lowest BCUT2D eigenvalue weighted by Crippen LogP contribution is -2.44. The number of nitrogens with zero attached hydrogens (tertiary/aromatic N) is 1. The standard InChI is InChI=1S/C23H24N2O5/c1-5-23(3,4)24-19(26)13-30-22(29)15-10-11-16-17(12-15)21(28)25(20(16)27)18-9-7-6-8-14(18)2/h6-12H,5,13H2,1-4H3,(H,24,26). The number of nitrogens with one attached hydrogen (secondary N) is 1. The molecule has 3 rings (SSSR count). The summed E-state index contributed by atoms with van der Waals surface area (Å²) in [4.78, 5) is 51.1. The number of fused-ring (bicyclic) bond motifs is 1. The fourth-order valence-electron chi connectivity index (χ4n) is 3.12. The first kappa shape index (κ1) is 21.2. The predicted octanol–water partition coefficient (Wildman–Crippen LogP) is 3.26. The highest BCUT2D eigenvalue weighted by molar-refractivity contribution is 6.34. The van der Waals surface area contributed by atoms with Crippen LogP contribution in [0, 0.1) is 6.92 Å². The third kappa shape index (κ3) is 4.10. The molecule has 1 aliphatic rings. The molecule has 0 radical (unpaired) electrons. The van der Waals surface area contributed by atoms with Gasteiger partial charge in [0.05, 0.1) is 22.4 Å². The zero-order valence-corrected chi connectivity index (χ0v) is 17.4. The van der Waals surface area contributed by atoms with E-state index in [4.69, 9.17) is 4.74 Å². The summed E-state index contributed by atoms with van der Waals surface area (Å²) in [6.07, 6.45) is 0.727. The van der Waals surface area contributed by atoms with Crippen LogP contribution in [0.25, 0.3) is 0 Å². The summed E-state index contributed by atoms with van der Waals surface area (Å²) in [6.45, 7) is 7.07. The minimum atomic E-state index is -0.739. The molecule has 7 nitrogen and oxygen atoms in total. The topological polar surface area (TPSA) is 92.8 Å². The first-order valence-electron chi connectivity index (χ1n) is 9.71. The van der Waals surface area contributed by atoms with E-state index >= 15 is 0 Å². The van der Waals surface area contributed by atoms with E-state index < -0.39 is 35.8 Å². The summed E-state index contributed by atoms with van der Waals surface area (Å²) in [7, 11) is 0. The maximum Gasteiger partial charge on any atom is 0.338 e. The quantitative estimate of drug-likeness (QED) is 0.585. The van der Waals surface area contributed by atoms with Crippen LogP contribution in [0.15, 0.2) is 42.5 Å². The second-order valence-corrected chi connectivity index (χ2v) is 7.85. The molecular formula is C23H24N2O5. The van der Waals surface area contributed by atoms with Crippen molar-refractivity contribution in [3.8, 4) is 0 Å². The number of hydrogen-bond donors (Lipinski definition) is 1. The number of carbonyl (C=O) groups is 4. The number of esters is 1. The van der Waals surface area contributed by atoms with E-state index in [2.05, 4.69) is 5.32 Å². The van der Waals surface area contributed by atoms with E-state index in [1.165, 1.54) is 18.2 Å². The summed E-state index contributed by atoms with van der Waals surface area (Å²) in [5.74, 6) is -2.09. The molecule has 1 heterocycles. The number of benzene rings is 2. The van der Waals surface area contributed by atoms with Crippen molar-refractivity contribution in [2.75, 3.05) is 11.5 Å². The molecule has 0 aromatic heterocycles. The van der Waals surface area contributed by atoms with E-state index in [9.17, 15) is 19.2 Å². The number of imide groups is 1. The number of hydrogen-bond acceptors (Lipinski definition) is 5. The maximum absolute atomic E-state index is 12.9. The first-order valence-corrected chi connectivity index (χ1v) is 9.71. The van der Waals surface area contributed by atoms with Gasteiger partial charge in [-0.3, -0.25) is 14.4 Å². The maximum atomic E-state index is 12.9. The Bertz CT molecular complexity index is 1040. The van der Waals surface area contributed by atoms with Crippen LogP contribution in [0.5, 0.6) is 0 Å². The molecule has 0 bridgehead atoms. The van der Waals surface area contributed by atoms with Gasteiger partial charge >= 0.3 is 5.97 Å². The molecule has 1 N–H and O–H groups in total. The fraction of sp³-hybridized carbons (Fsp3) is 0.304. The molecule has 0 aliphatic carbocycles. The molecule has 0 spiro atoms. The van der Waals surface area contributed by atoms with Gasteiger partial charge in [-0.1, -0.05) is 25.1 Å². The molecule has 0 fully saturated rings. The third-order valence-electron chi connectivity index (χ3n) is 5.17. The Hall–Kier alpha value is -3.48. The Kier molecular flexibility index (Phi) is 5.73. The monoisotopic (exact) mass is 408 g/mol. The summed E-state index contributed by atoms with van der Waals surface area (Å²) >= 11 is 0. The highest BCUT2D eigenvalue weighted by Gasteiger charge is 2.37. The van der Waals surface area contributed by atoms with Crippen LogP contribution in [-0.2, 0) is 9.53 Å². The molecule has 0 atom stereocenters. The number of amides is 3. The zero-order chi connectivity index (χ0) is 22.1. The van der Waals surface area contributed by atoms with Crippen LogP contribution < -0.4 is 10.2 Å². The number of rotatable bonds is 6. The lowest BCUT2D eigenvalue weighted by molar-refractivity contribution is -0.125. The van der Waals surface area contributed by atoms with Crippen LogP contribution in [0.2, 0.25) is 0 Å². The second kappa shape index (κ2) is 8.10. The number of aryl methyl sites for hydroxylation is 1. The molecule has 0 saturated heterocycles. The molecule has 156 valence electrons. The van der Waals surface area contributed by atoms with Crippen molar-refractivity contribution < 1.29 is 23.9 Å².